The normalized spacial score (nSPS) is 14.1. The summed E-state index contributed by atoms with van der Waals surface area (Å²) in [4.78, 5) is 13.7. The second kappa shape index (κ2) is 10.5. The van der Waals surface area contributed by atoms with Crippen LogP contribution in [0.2, 0.25) is 0 Å². The smallest absolute Gasteiger partial charge is 0.332 e. The summed E-state index contributed by atoms with van der Waals surface area (Å²) in [5, 5.41) is 13.3. The average molecular weight is 458 g/mol. The van der Waals surface area contributed by atoms with Crippen LogP contribution in [0.15, 0.2) is 48.5 Å². The molecule has 0 aliphatic carbocycles. The van der Waals surface area contributed by atoms with E-state index in [-0.39, 0.29) is 24.2 Å². The highest BCUT2D eigenvalue weighted by atomic mass is 19.1. The molecule has 0 bridgehead atoms. The van der Waals surface area contributed by atoms with Gasteiger partial charge < -0.3 is 14.4 Å². The van der Waals surface area contributed by atoms with Crippen molar-refractivity contribution in [3.63, 3.8) is 0 Å². The van der Waals surface area contributed by atoms with E-state index in [2.05, 4.69) is 10.00 Å². The highest BCUT2D eigenvalue weighted by Crippen LogP contribution is 2.26. The topological polar surface area (TPSA) is 80.4 Å². The van der Waals surface area contributed by atoms with Gasteiger partial charge in [-0.15, -0.1) is 0 Å². The molecular formula is C25H24BFN4O3. The van der Waals surface area contributed by atoms with Crippen molar-refractivity contribution in [3.05, 3.63) is 59.9 Å². The van der Waals surface area contributed by atoms with E-state index in [0.29, 0.717) is 23.5 Å². The molecule has 1 aliphatic rings. The van der Waals surface area contributed by atoms with Crippen LogP contribution in [0.3, 0.4) is 0 Å². The summed E-state index contributed by atoms with van der Waals surface area (Å²) in [6, 6.07) is 15.8. The number of anilines is 1. The maximum Gasteiger partial charge on any atom is 0.332 e. The second-order valence-corrected chi connectivity index (χ2v) is 7.99. The zero-order chi connectivity index (χ0) is 24.1. The molecule has 3 aromatic rings. The molecule has 2 radical (unpaired) electrons. The van der Waals surface area contributed by atoms with E-state index in [1.807, 2.05) is 30.3 Å². The number of carbonyl (C=O) groups excluding carboxylic acids is 1. The van der Waals surface area contributed by atoms with Crippen LogP contribution in [0.5, 0.6) is 0 Å². The molecule has 0 N–H and O–H groups in total. The van der Waals surface area contributed by atoms with Crippen molar-refractivity contribution in [2.24, 2.45) is 0 Å². The molecule has 0 unspecified atom stereocenters. The average Bonchev–Trinajstić information content (AvgIpc) is 3.25. The van der Waals surface area contributed by atoms with Crippen molar-refractivity contribution in [1.82, 2.24) is 9.78 Å². The first-order valence-electron chi connectivity index (χ1n) is 11.2. The van der Waals surface area contributed by atoms with Crippen LogP contribution < -0.4 is 10.5 Å². The molecule has 1 aliphatic heterocycles. The van der Waals surface area contributed by atoms with Crippen molar-refractivity contribution in [2.75, 3.05) is 31.2 Å². The Morgan fingerprint density at radius 1 is 1.18 bits per heavy atom. The van der Waals surface area contributed by atoms with Gasteiger partial charge in [-0.25, -0.2) is 13.9 Å². The fraction of sp³-hybridized carbons (Fsp3) is 0.320. The van der Waals surface area contributed by atoms with E-state index >= 15 is 0 Å². The molecule has 2 aromatic carbocycles. The first kappa shape index (κ1) is 23.5. The van der Waals surface area contributed by atoms with Crippen LogP contribution >= 0.6 is 0 Å². The second-order valence-electron chi connectivity index (χ2n) is 7.99. The number of rotatable bonds is 7. The van der Waals surface area contributed by atoms with Crippen molar-refractivity contribution < 1.29 is 18.7 Å². The minimum atomic E-state index is -0.587. The van der Waals surface area contributed by atoms with E-state index in [9.17, 15) is 9.18 Å². The lowest BCUT2D eigenvalue weighted by Gasteiger charge is -2.33. The SMILES string of the molecule is [B]c1cc(-c2ccc(C#N)c(F)c2)n(-c2ccc(N3CCC(OCC(=O)OCC)CC3)cc2)n1. The van der Waals surface area contributed by atoms with Crippen LogP contribution in [-0.2, 0) is 14.3 Å². The molecule has 7 nitrogen and oxygen atoms in total. The maximum absolute atomic E-state index is 14.2. The third-order valence-corrected chi connectivity index (χ3v) is 5.76. The third kappa shape index (κ3) is 5.29. The molecule has 1 aromatic heterocycles. The summed E-state index contributed by atoms with van der Waals surface area (Å²) >= 11 is 0. The number of ether oxygens (including phenoxy) is 2. The molecule has 0 atom stereocenters. The minimum Gasteiger partial charge on any atom is -0.464 e. The van der Waals surface area contributed by atoms with Crippen molar-refractivity contribution in [1.29, 1.82) is 5.26 Å². The Labute approximate surface area is 199 Å². The maximum atomic E-state index is 14.2. The van der Waals surface area contributed by atoms with Gasteiger partial charge >= 0.3 is 5.97 Å². The van der Waals surface area contributed by atoms with Crippen LogP contribution in [0.25, 0.3) is 16.9 Å². The Balaban J connectivity index is 1.44. The monoisotopic (exact) mass is 458 g/mol. The molecule has 1 fully saturated rings. The number of aromatic nitrogens is 2. The summed E-state index contributed by atoms with van der Waals surface area (Å²) < 4.78 is 26.4. The molecule has 172 valence electrons. The summed E-state index contributed by atoms with van der Waals surface area (Å²) in [7, 11) is 5.94. The van der Waals surface area contributed by atoms with Gasteiger partial charge in [0.2, 0.25) is 0 Å². The third-order valence-electron chi connectivity index (χ3n) is 5.76. The first-order valence-corrected chi connectivity index (χ1v) is 11.2. The zero-order valence-corrected chi connectivity index (χ0v) is 18.9. The lowest BCUT2D eigenvalue weighted by atomic mass is 10.0. The predicted molar refractivity (Wildman–Crippen MR) is 127 cm³/mol. The molecule has 0 amide bonds. The number of benzene rings is 2. The molecule has 1 saturated heterocycles. The van der Waals surface area contributed by atoms with E-state index in [0.717, 1.165) is 37.3 Å². The summed E-state index contributed by atoms with van der Waals surface area (Å²) in [6.07, 6.45) is 1.69. The molecule has 4 rings (SSSR count). The van der Waals surface area contributed by atoms with Gasteiger partial charge in [-0.2, -0.15) is 10.4 Å². The Kier molecular flexibility index (Phi) is 7.29. The highest BCUT2D eigenvalue weighted by molar-refractivity contribution is 6.31. The van der Waals surface area contributed by atoms with E-state index in [1.165, 1.54) is 12.1 Å². The number of hydrogen-bond acceptors (Lipinski definition) is 6. The Morgan fingerprint density at radius 3 is 2.53 bits per heavy atom. The zero-order valence-electron chi connectivity index (χ0n) is 18.9. The van der Waals surface area contributed by atoms with Crippen molar-refractivity contribution in [2.45, 2.75) is 25.9 Å². The molecule has 2 heterocycles. The van der Waals surface area contributed by atoms with Crippen LogP contribution in [0.1, 0.15) is 25.3 Å². The summed E-state index contributed by atoms with van der Waals surface area (Å²) in [5.74, 6) is -0.917. The number of esters is 1. The molecular weight excluding hydrogens is 434 g/mol. The van der Waals surface area contributed by atoms with Gasteiger partial charge in [0.15, 0.2) is 0 Å². The Bertz CT molecular complexity index is 1200. The lowest BCUT2D eigenvalue weighted by molar-refractivity contribution is -0.150. The number of nitrogens with zero attached hydrogens (tertiary/aromatic N) is 4. The fourth-order valence-corrected chi connectivity index (χ4v) is 4.04. The Hall–Kier alpha value is -3.64. The van der Waals surface area contributed by atoms with Gasteiger partial charge in [0.1, 0.15) is 26.3 Å². The van der Waals surface area contributed by atoms with Crippen molar-refractivity contribution >= 4 is 25.1 Å². The quantitative estimate of drug-likeness (QED) is 0.400. The van der Waals surface area contributed by atoms with E-state index in [1.54, 1.807) is 23.7 Å². The largest absolute Gasteiger partial charge is 0.464 e. The fourth-order valence-electron chi connectivity index (χ4n) is 4.04. The van der Waals surface area contributed by atoms with Crippen LogP contribution in [-0.4, -0.2) is 56.0 Å². The molecule has 34 heavy (non-hydrogen) atoms. The van der Waals surface area contributed by atoms with Crippen molar-refractivity contribution in [3.8, 4) is 23.0 Å². The van der Waals surface area contributed by atoms with Gasteiger partial charge in [-0.1, -0.05) is 6.07 Å². The Morgan fingerprint density at radius 2 is 1.88 bits per heavy atom. The molecule has 0 spiro atoms. The van der Waals surface area contributed by atoms with Gasteiger partial charge in [0.05, 0.1) is 29.7 Å². The predicted octanol–water partition coefficient (Wildman–Crippen LogP) is 2.89. The molecule has 0 saturated carbocycles. The standard InChI is InChI=1S/C25H24BFN4O3/c1-2-33-25(32)16-34-21-9-11-30(12-10-21)19-5-7-20(8-6-19)31-23(14-24(26)29-31)17-3-4-18(15-28)22(27)13-17/h3-8,13-14,21H,2,9-12,16H2,1H3. The molecule has 9 heteroatoms. The highest BCUT2D eigenvalue weighted by Gasteiger charge is 2.21. The van der Waals surface area contributed by atoms with Crippen LogP contribution in [0.4, 0.5) is 10.1 Å². The van der Waals surface area contributed by atoms with Crippen LogP contribution in [0, 0.1) is 17.1 Å². The number of hydrogen-bond donors (Lipinski definition) is 0. The van der Waals surface area contributed by atoms with Gasteiger partial charge in [0.25, 0.3) is 0 Å². The summed E-state index contributed by atoms with van der Waals surface area (Å²) in [6.45, 7) is 3.75. The van der Waals surface area contributed by atoms with Gasteiger partial charge in [-0.05, 0) is 62.2 Å². The van der Waals surface area contributed by atoms with E-state index < -0.39 is 5.82 Å². The van der Waals surface area contributed by atoms with E-state index in [4.69, 9.17) is 22.6 Å². The van der Waals surface area contributed by atoms with Gasteiger partial charge in [-0.3, -0.25) is 0 Å². The van der Waals surface area contributed by atoms with Gasteiger partial charge in [0, 0.05) is 29.9 Å². The number of halogens is 1. The first-order chi connectivity index (χ1) is 16.5. The number of carbonyl (C=O) groups is 1. The number of piperidine rings is 1. The lowest BCUT2D eigenvalue weighted by Crippen LogP contribution is -2.37. The number of nitriles is 1. The minimum absolute atomic E-state index is 0.00826. The summed E-state index contributed by atoms with van der Waals surface area (Å²) in [5.41, 5.74) is 3.37.